The van der Waals surface area contributed by atoms with Crippen molar-refractivity contribution in [3.05, 3.63) is 18.7 Å². The average Bonchev–Trinajstić information content (AvgIpc) is 2.90. The molecular weight excluding hydrogens is 264 g/mol. The Bertz CT molecular complexity index is 455. The van der Waals surface area contributed by atoms with E-state index in [1.54, 1.807) is 12.5 Å². The predicted molar refractivity (Wildman–Crippen MR) is 83.8 cm³/mol. The van der Waals surface area contributed by atoms with Gasteiger partial charge in [-0.15, -0.1) is 0 Å². The molecule has 0 spiro atoms. The first-order chi connectivity index (χ1) is 9.81. The van der Waals surface area contributed by atoms with Gasteiger partial charge in [-0.1, -0.05) is 27.7 Å². The zero-order valence-electron chi connectivity index (χ0n) is 13.6. The largest absolute Gasteiger partial charge is 0.351 e. The molecular formula is C16H28N4O. The summed E-state index contributed by atoms with van der Waals surface area (Å²) in [5.41, 5.74) is -0.243. The summed E-state index contributed by atoms with van der Waals surface area (Å²) in [5.74, 6) is 0.184. The second kappa shape index (κ2) is 6.18. The van der Waals surface area contributed by atoms with E-state index in [0.29, 0.717) is 0 Å². The molecule has 2 heterocycles. The zero-order chi connectivity index (χ0) is 15.5. The van der Waals surface area contributed by atoms with E-state index in [2.05, 4.69) is 43.3 Å². The fourth-order valence-electron chi connectivity index (χ4n) is 2.68. The average molecular weight is 292 g/mol. The van der Waals surface area contributed by atoms with Gasteiger partial charge < -0.3 is 15.2 Å². The minimum atomic E-state index is -0.246. The van der Waals surface area contributed by atoms with Crippen molar-refractivity contribution in [2.24, 2.45) is 10.8 Å². The van der Waals surface area contributed by atoms with Crippen LogP contribution in [0.5, 0.6) is 0 Å². The molecule has 1 aromatic heterocycles. The maximum Gasteiger partial charge on any atom is 0.226 e. The maximum absolute atomic E-state index is 12.7. The van der Waals surface area contributed by atoms with Crippen LogP contribution >= 0.6 is 0 Å². The number of nitrogens with zero attached hydrogens (tertiary/aromatic N) is 2. The smallest absolute Gasteiger partial charge is 0.226 e. The van der Waals surface area contributed by atoms with E-state index < -0.39 is 0 Å². The highest BCUT2D eigenvalue weighted by Crippen LogP contribution is 2.30. The molecule has 1 aliphatic heterocycles. The summed E-state index contributed by atoms with van der Waals surface area (Å²) in [7, 11) is 0. The summed E-state index contributed by atoms with van der Waals surface area (Å²) in [6.07, 6.45) is 7.32. The Morgan fingerprint density at radius 2 is 2.10 bits per heavy atom. The van der Waals surface area contributed by atoms with E-state index in [1.807, 2.05) is 10.8 Å². The van der Waals surface area contributed by atoms with E-state index in [1.165, 1.54) is 0 Å². The standard InChI is InChI=1S/C16H28N4O/c1-15(2,3)13(11-20-10-9-18-12-20)19-14(21)16(4)5-7-17-8-6-16/h9-10,12-13,17H,5-8,11H2,1-4H3,(H,19,21). The molecule has 1 saturated heterocycles. The molecule has 0 aliphatic carbocycles. The highest BCUT2D eigenvalue weighted by atomic mass is 16.2. The number of rotatable bonds is 4. The van der Waals surface area contributed by atoms with E-state index in [0.717, 1.165) is 32.5 Å². The van der Waals surface area contributed by atoms with E-state index in [4.69, 9.17) is 0 Å². The molecule has 1 amide bonds. The van der Waals surface area contributed by atoms with Gasteiger partial charge in [0.1, 0.15) is 0 Å². The van der Waals surface area contributed by atoms with Crippen LogP contribution in [0.3, 0.4) is 0 Å². The van der Waals surface area contributed by atoms with Gasteiger partial charge >= 0.3 is 0 Å². The number of carbonyl (C=O) groups is 1. The van der Waals surface area contributed by atoms with Crippen LogP contribution in [0.4, 0.5) is 0 Å². The molecule has 1 atom stereocenters. The molecule has 0 aromatic carbocycles. The SMILES string of the molecule is CC1(C(=O)NC(Cn2ccnc2)C(C)(C)C)CCNCC1. The summed E-state index contributed by atoms with van der Waals surface area (Å²) >= 11 is 0. The molecule has 1 aliphatic rings. The molecule has 118 valence electrons. The van der Waals surface area contributed by atoms with Crippen molar-refractivity contribution in [3.63, 3.8) is 0 Å². The van der Waals surface area contributed by atoms with Gasteiger partial charge in [-0.25, -0.2) is 4.98 Å². The number of hydrogen-bond donors (Lipinski definition) is 2. The minimum Gasteiger partial charge on any atom is -0.351 e. The number of amides is 1. The lowest BCUT2D eigenvalue weighted by Gasteiger charge is -2.38. The lowest BCUT2D eigenvalue weighted by atomic mass is 9.78. The Labute approximate surface area is 127 Å². The summed E-state index contributed by atoms with van der Waals surface area (Å²) in [4.78, 5) is 16.8. The maximum atomic E-state index is 12.7. The van der Waals surface area contributed by atoms with E-state index in [-0.39, 0.29) is 22.8 Å². The fraction of sp³-hybridized carbons (Fsp3) is 0.750. The molecule has 21 heavy (non-hydrogen) atoms. The third-order valence-electron chi connectivity index (χ3n) is 4.56. The first-order valence-corrected chi connectivity index (χ1v) is 7.79. The van der Waals surface area contributed by atoms with Crippen molar-refractivity contribution >= 4 is 5.91 Å². The summed E-state index contributed by atoms with van der Waals surface area (Å²) in [6, 6.07) is 0.0888. The van der Waals surface area contributed by atoms with Crippen molar-refractivity contribution in [2.75, 3.05) is 13.1 Å². The van der Waals surface area contributed by atoms with Crippen LogP contribution in [0.15, 0.2) is 18.7 Å². The van der Waals surface area contributed by atoms with Crippen LogP contribution in [0, 0.1) is 10.8 Å². The summed E-state index contributed by atoms with van der Waals surface area (Å²) in [5, 5.41) is 6.61. The molecule has 2 N–H and O–H groups in total. The summed E-state index contributed by atoms with van der Waals surface area (Å²) in [6.45, 7) is 11.2. The second-order valence-corrected chi connectivity index (χ2v) is 7.46. The zero-order valence-corrected chi connectivity index (χ0v) is 13.6. The van der Waals surface area contributed by atoms with Crippen molar-refractivity contribution in [1.82, 2.24) is 20.2 Å². The van der Waals surface area contributed by atoms with Gasteiger partial charge in [0.2, 0.25) is 5.91 Å². The predicted octanol–water partition coefficient (Wildman–Crippen LogP) is 1.80. The number of carbonyl (C=O) groups excluding carboxylic acids is 1. The van der Waals surface area contributed by atoms with Crippen LogP contribution in [0.25, 0.3) is 0 Å². The highest BCUT2D eigenvalue weighted by Gasteiger charge is 2.37. The van der Waals surface area contributed by atoms with Gasteiger partial charge in [0.25, 0.3) is 0 Å². The number of aromatic nitrogens is 2. The number of nitrogens with one attached hydrogen (secondary N) is 2. The van der Waals surface area contributed by atoms with Crippen LogP contribution in [-0.2, 0) is 11.3 Å². The van der Waals surface area contributed by atoms with Crippen LogP contribution in [-0.4, -0.2) is 34.6 Å². The molecule has 1 fully saturated rings. The van der Waals surface area contributed by atoms with Crippen LogP contribution in [0.2, 0.25) is 0 Å². The van der Waals surface area contributed by atoms with Crippen molar-refractivity contribution < 1.29 is 4.79 Å². The number of piperidine rings is 1. The Balaban J connectivity index is 2.06. The summed E-state index contributed by atoms with van der Waals surface area (Å²) < 4.78 is 2.03. The molecule has 0 saturated carbocycles. The lowest BCUT2D eigenvalue weighted by Crippen LogP contribution is -2.53. The van der Waals surface area contributed by atoms with E-state index >= 15 is 0 Å². The molecule has 5 nitrogen and oxygen atoms in total. The van der Waals surface area contributed by atoms with E-state index in [9.17, 15) is 4.79 Å². The van der Waals surface area contributed by atoms with Gasteiger partial charge in [0.15, 0.2) is 0 Å². The van der Waals surface area contributed by atoms with Gasteiger partial charge in [0.05, 0.1) is 12.4 Å². The van der Waals surface area contributed by atoms with Gasteiger partial charge in [-0.05, 0) is 31.3 Å². The van der Waals surface area contributed by atoms with Gasteiger partial charge in [0, 0.05) is 24.4 Å². The first kappa shape index (κ1) is 16.0. The van der Waals surface area contributed by atoms with Crippen molar-refractivity contribution in [1.29, 1.82) is 0 Å². The van der Waals surface area contributed by atoms with Gasteiger partial charge in [-0.3, -0.25) is 4.79 Å². The van der Waals surface area contributed by atoms with Crippen molar-refractivity contribution in [2.45, 2.75) is 53.1 Å². The third-order valence-corrected chi connectivity index (χ3v) is 4.56. The van der Waals surface area contributed by atoms with Crippen molar-refractivity contribution in [3.8, 4) is 0 Å². The molecule has 0 bridgehead atoms. The Morgan fingerprint density at radius 1 is 1.43 bits per heavy atom. The molecule has 2 rings (SSSR count). The Kier molecular flexibility index (Phi) is 4.71. The van der Waals surface area contributed by atoms with Crippen LogP contribution in [0.1, 0.15) is 40.5 Å². The number of hydrogen-bond acceptors (Lipinski definition) is 3. The normalized spacial score (nSPS) is 20.0. The molecule has 1 aromatic rings. The minimum absolute atomic E-state index is 0.00318. The molecule has 0 radical (unpaired) electrons. The Hall–Kier alpha value is -1.36. The molecule has 5 heteroatoms. The van der Waals surface area contributed by atoms with Gasteiger partial charge in [-0.2, -0.15) is 0 Å². The lowest BCUT2D eigenvalue weighted by molar-refractivity contribution is -0.133. The van der Waals surface area contributed by atoms with Crippen LogP contribution < -0.4 is 10.6 Å². The second-order valence-electron chi connectivity index (χ2n) is 7.46. The topological polar surface area (TPSA) is 59.0 Å². The third kappa shape index (κ3) is 4.06. The Morgan fingerprint density at radius 3 is 2.62 bits per heavy atom. The molecule has 1 unspecified atom stereocenters. The monoisotopic (exact) mass is 292 g/mol. The highest BCUT2D eigenvalue weighted by molar-refractivity contribution is 5.82. The quantitative estimate of drug-likeness (QED) is 0.889. The fourth-order valence-corrected chi connectivity index (χ4v) is 2.68. The first-order valence-electron chi connectivity index (χ1n) is 7.79. The number of imidazole rings is 1.